The lowest BCUT2D eigenvalue weighted by molar-refractivity contribution is 0.297. The molecule has 2 aromatic carbocycles. The first-order chi connectivity index (χ1) is 14.0. The van der Waals surface area contributed by atoms with Crippen LogP contribution >= 0.6 is 0 Å². The van der Waals surface area contributed by atoms with E-state index < -0.39 is 0 Å². The van der Waals surface area contributed by atoms with Crippen molar-refractivity contribution in [2.45, 2.75) is 20.5 Å². The van der Waals surface area contributed by atoms with Crippen LogP contribution in [-0.4, -0.2) is 16.9 Å². The van der Waals surface area contributed by atoms with E-state index >= 15 is 0 Å². The maximum atomic E-state index is 13.3. The number of aryl methyl sites for hydroxylation is 3. The molecule has 2 aromatic heterocycles. The Hall–Kier alpha value is -3.54. The topological polar surface area (TPSA) is 66.5 Å². The molecule has 4 rings (SSSR count). The standard InChI is InChI=1S/C23H22N2O4/c1-14-9-19-20(10-15(14)2)29-22(17-5-7-18(27-4)8-6-17)23(21(19)26)28-13-16-11-24-25(3)12-16/h5-12H,13H2,1-4H3. The molecule has 4 aromatic rings. The van der Waals surface area contributed by atoms with Crippen LogP contribution in [0.3, 0.4) is 0 Å². The molecule has 0 amide bonds. The second-order valence-corrected chi connectivity index (χ2v) is 7.06. The van der Waals surface area contributed by atoms with Gasteiger partial charge in [0.25, 0.3) is 0 Å². The number of benzene rings is 2. The Bertz CT molecular complexity index is 1240. The monoisotopic (exact) mass is 390 g/mol. The number of fused-ring (bicyclic) bond motifs is 1. The van der Waals surface area contributed by atoms with Crippen molar-refractivity contribution in [3.05, 3.63) is 75.7 Å². The summed E-state index contributed by atoms with van der Waals surface area (Å²) >= 11 is 0. The molecule has 2 heterocycles. The lowest BCUT2D eigenvalue weighted by Gasteiger charge is -2.12. The minimum Gasteiger partial charge on any atom is -0.497 e. The van der Waals surface area contributed by atoms with Crippen LogP contribution in [0.1, 0.15) is 16.7 Å². The van der Waals surface area contributed by atoms with E-state index in [0.29, 0.717) is 16.7 Å². The van der Waals surface area contributed by atoms with Crippen LogP contribution in [0.15, 0.2) is 58.0 Å². The number of hydrogen-bond donors (Lipinski definition) is 0. The van der Waals surface area contributed by atoms with E-state index in [2.05, 4.69) is 5.10 Å². The van der Waals surface area contributed by atoms with Crippen molar-refractivity contribution in [2.75, 3.05) is 7.11 Å². The summed E-state index contributed by atoms with van der Waals surface area (Å²) in [5, 5.41) is 4.65. The van der Waals surface area contributed by atoms with Crippen molar-refractivity contribution in [1.82, 2.24) is 9.78 Å². The van der Waals surface area contributed by atoms with Gasteiger partial charge in [0.15, 0.2) is 5.76 Å². The quantitative estimate of drug-likeness (QED) is 0.505. The Balaban J connectivity index is 1.87. The molecule has 0 saturated heterocycles. The van der Waals surface area contributed by atoms with Gasteiger partial charge in [0, 0.05) is 24.4 Å². The third-order valence-corrected chi connectivity index (χ3v) is 4.96. The smallest absolute Gasteiger partial charge is 0.235 e. The van der Waals surface area contributed by atoms with Gasteiger partial charge in [0.1, 0.15) is 17.9 Å². The Morgan fingerprint density at radius 2 is 1.83 bits per heavy atom. The molecule has 148 valence electrons. The molecular formula is C23H22N2O4. The summed E-state index contributed by atoms with van der Waals surface area (Å²) in [4.78, 5) is 13.3. The molecule has 0 aliphatic heterocycles. The maximum absolute atomic E-state index is 13.3. The van der Waals surface area contributed by atoms with Crippen molar-refractivity contribution < 1.29 is 13.9 Å². The highest BCUT2D eigenvalue weighted by atomic mass is 16.5. The van der Waals surface area contributed by atoms with E-state index in [4.69, 9.17) is 13.9 Å². The summed E-state index contributed by atoms with van der Waals surface area (Å²) in [5.41, 5.74) is 4.05. The van der Waals surface area contributed by atoms with Gasteiger partial charge in [-0.25, -0.2) is 0 Å². The zero-order valence-corrected chi connectivity index (χ0v) is 16.9. The van der Waals surface area contributed by atoms with E-state index in [0.717, 1.165) is 28.0 Å². The van der Waals surface area contributed by atoms with Gasteiger partial charge in [0.2, 0.25) is 11.2 Å². The normalized spacial score (nSPS) is 11.0. The third kappa shape index (κ3) is 3.61. The summed E-state index contributed by atoms with van der Waals surface area (Å²) in [6.45, 7) is 4.19. The first-order valence-corrected chi connectivity index (χ1v) is 9.29. The molecule has 0 aliphatic rings. The highest BCUT2D eigenvalue weighted by Crippen LogP contribution is 2.33. The number of methoxy groups -OCH3 is 1. The van der Waals surface area contributed by atoms with Gasteiger partial charge in [-0.05, 0) is 61.4 Å². The van der Waals surface area contributed by atoms with Gasteiger partial charge >= 0.3 is 0 Å². The van der Waals surface area contributed by atoms with E-state index in [-0.39, 0.29) is 17.8 Å². The van der Waals surface area contributed by atoms with E-state index in [1.54, 1.807) is 18.0 Å². The molecule has 0 bridgehead atoms. The molecule has 0 unspecified atom stereocenters. The number of rotatable bonds is 5. The zero-order valence-electron chi connectivity index (χ0n) is 16.9. The largest absolute Gasteiger partial charge is 0.497 e. The van der Waals surface area contributed by atoms with Crippen LogP contribution in [0.4, 0.5) is 0 Å². The van der Waals surface area contributed by atoms with Gasteiger partial charge in [-0.2, -0.15) is 5.10 Å². The molecule has 0 spiro atoms. The van der Waals surface area contributed by atoms with Gasteiger partial charge < -0.3 is 13.9 Å². The number of ether oxygens (including phenoxy) is 2. The molecule has 0 N–H and O–H groups in total. The lowest BCUT2D eigenvalue weighted by Crippen LogP contribution is -2.10. The number of nitrogens with zero attached hydrogens (tertiary/aromatic N) is 2. The summed E-state index contributed by atoms with van der Waals surface area (Å²) in [6, 6.07) is 11.1. The fourth-order valence-corrected chi connectivity index (χ4v) is 3.20. The molecule has 0 fully saturated rings. The van der Waals surface area contributed by atoms with E-state index in [1.165, 1.54) is 0 Å². The van der Waals surface area contributed by atoms with Crippen molar-refractivity contribution in [3.8, 4) is 22.8 Å². The molecule has 6 nitrogen and oxygen atoms in total. The average molecular weight is 390 g/mol. The van der Waals surface area contributed by atoms with Crippen LogP contribution < -0.4 is 14.9 Å². The molecule has 0 atom stereocenters. The fraction of sp³-hybridized carbons (Fsp3) is 0.217. The van der Waals surface area contributed by atoms with Crippen molar-refractivity contribution in [1.29, 1.82) is 0 Å². The predicted molar refractivity (Wildman–Crippen MR) is 111 cm³/mol. The van der Waals surface area contributed by atoms with Crippen LogP contribution in [0.2, 0.25) is 0 Å². The van der Waals surface area contributed by atoms with Crippen molar-refractivity contribution in [3.63, 3.8) is 0 Å². The molecule has 0 saturated carbocycles. The Labute approximate surface area is 168 Å². The van der Waals surface area contributed by atoms with Crippen LogP contribution in [0.25, 0.3) is 22.3 Å². The Morgan fingerprint density at radius 1 is 1.10 bits per heavy atom. The average Bonchev–Trinajstić information content (AvgIpc) is 3.14. The third-order valence-electron chi connectivity index (χ3n) is 4.96. The predicted octanol–water partition coefficient (Wildman–Crippen LogP) is 4.40. The molecular weight excluding hydrogens is 368 g/mol. The van der Waals surface area contributed by atoms with Crippen LogP contribution in [-0.2, 0) is 13.7 Å². The highest BCUT2D eigenvalue weighted by molar-refractivity contribution is 5.83. The first-order valence-electron chi connectivity index (χ1n) is 9.29. The second-order valence-electron chi connectivity index (χ2n) is 7.06. The summed E-state index contributed by atoms with van der Waals surface area (Å²) in [5.74, 6) is 1.31. The maximum Gasteiger partial charge on any atom is 0.235 e. The summed E-state index contributed by atoms with van der Waals surface area (Å²) < 4.78 is 19.1. The summed E-state index contributed by atoms with van der Waals surface area (Å²) in [7, 11) is 3.44. The molecule has 29 heavy (non-hydrogen) atoms. The molecule has 0 radical (unpaired) electrons. The zero-order chi connectivity index (χ0) is 20.5. The van der Waals surface area contributed by atoms with Gasteiger partial charge in [-0.1, -0.05) is 0 Å². The van der Waals surface area contributed by atoms with Gasteiger partial charge in [-0.3, -0.25) is 9.48 Å². The van der Waals surface area contributed by atoms with Crippen molar-refractivity contribution in [2.24, 2.45) is 7.05 Å². The Kier molecular flexibility index (Phi) is 4.84. The van der Waals surface area contributed by atoms with Crippen molar-refractivity contribution >= 4 is 11.0 Å². The second kappa shape index (κ2) is 7.47. The molecule has 6 heteroatoms. The number of hydrogen-bond acceptors (Lipinski definition) is 5. The van der Waals surface area contributed by atoms with Gasteiger partial charge in [0.05, 0.1) is 18.7 Å². The number of aromatic nitrogens is 2. The minimum absolute atomic E-state index is 0.190. The Morgan fingerprint density at radius 3 is 2.48 bits per heavy atom. The highest BCUT2D eigenvalue weighted by Gasteiger charge is 2.19. The van der Waals surface area contributed by atoms with Crippen LogP contribution in [0, 0.1) is 13.8 Å². The summed E-state index contributed by atoms with van der Waals surface area (Å²) in [6.07, 6.45) is 3.56. The lowest BCUT2D eigenvalue weighted by atomic mass is 10.0. The minimum atomic E-state index is -0.191. The SMILES string of the molecule is COc1ccc(-c2oc3cc(C)c(C)cc3c(=O)c2OCc2cnn(C)c2)cc1. The van der Waals surface area contributed by atoms with E-state index in [9.17, 15) is 4.79 Å². The first kappa shape index (κ1) is 18.8. The van der Waals surface area contributed by atoms with Gasteiger partial charge in [-0.15, -0.1) is 0 Å². The molecule has 0 aliphatic carbocycles. The van der Waals surface area contributed by atoms with Crippen LogP contribution in [0.5, 0.6) is 11.5 Å². The fourth-order valence-electron chi connectivity index (χ4n) is 3.20. The van der Waals surface area contributed by atoms with E-state index in [1.807, 2.05) is 63.5 Å².